The Bertz CT molecular complexity index is 595. The molecule has 1 N–H and O–H groups in total. The van der Waals surface area contributed by atoms with Gasteiger partial charge in [0.2, 0.25) is 5.89 Å². The number of rotatable bonds is 3. The average Bonchev–Trinajstić information content (AvgIpc) is 2.98. The molecule has 1 aliphatic heterocycles. The predicted molar refractivity (Wildman–Crippen MR) is 80.6 cm³/mol. The zero-order valence-corrected chi connectivity index (χ0v) is 13.4. The van der Waals surface area contributed by atoms with Gasteiger partial charge in [0.15, 0.2) is 5.82 Å². The molecule has 1 fully saturated rings. The fourth-order valence-electron chi connectivity index (χ4n) is 2.53. The van der Waals surface area contributed by atoms with E-state index in [4.69, 9.17) is 4.52 Å². The van der Waals surface area contributed by atoms with Gasteiger partial charge in [0.1, 0.15) is 6.54 Å². The van der Waals surface area contributed by atoms with Crippen LogP contribution in [0.5, 0.6) is 0 Å². The Hall–Kier alpha value is -1.44. The molecule has 0 saturated carbocycles. The third-order valence-electron chi connectivity index (χ3n) is 3.68. The Morgan fingerprint density at radius 3 is 2.90 bits per heavy atom. The fraction of sp³-hybridized carbons (Fsp3) is 0.615. The third kappa shape index (κ3) is 3.42. The van der Waals surface area contributed by atoms with Crippen LogP contribution in [-0.2, 0) is 6.54 Å². The number of nitrogens with one attached hydrogen (secondary N) is 1. The van der Waals surface area contributed by atoms with Crippen molar-refractivity contribution in [3.8, 4) is 0 Å². The van der Waals surface area contributed by atoms with Crippen LogP contribution in [0.25, 0.3) is 0 Å². The number of aryl methyl sites for hydroxylation is 2. The molecule has 3 heterocycles. The number of piperazine rings is 1. The molecule has 2 aromatic rings. The Kier molecular flexibility index (Phi) is 4.97. The van der Waals surface area contributed by atoms with Crippen LogP contribution in [0, 0.1) is 13.8 Å². The molecule has 0 aromatic carbocycles. The zero-order valence-electron chi connectivity index (χ0n) is 12.5. The summed E-state index contributed by atoms with van der Waals surface area (Å²) in [5.41, 5.74) is 2.09. The molecule has 0 radical (unpaired) electrons. The first kappa shape index (κ1) is 15.9. The predicted octanol–water partition coefficient (Wildman–Crippen LogP) is 0.929. The van der Waals surface area contributed by atoms with Gasteiger partial charge >= 0.3 is 0 Å². The zero-order chi connectivity index (χ0) is 14.1. The van der Waals surface area contributed by atoms with E-state index in [9.17, 15) is 0 Å². The number of likely N-dealkylation sites (N-methyl/N-ethyl adjacent to an activating group) is 1. The summed E-state index contributed by atoms with van der Waals surface area (Å²) in [7, 11) is 2.09. The van der Waals surface area contributed by atoms with Crippen molar-refractivity contribution in [3.05, 3.63) is 29.2 Å². The summed E-state index contributed by atoms with van der Waals surface area (Å²) in [5, 5.41) is 11.9. The first-order valence-corrected chi connectivity index (χ1v) is 6.88. The van der Waals surface area contributed by atoms with E-state index in [2.05, 4.69) is 32.5 Å². The van der Waals surface area contributed by atoms with E-state index in [0.29, 0.717) is 12.4 Å². The maximum absolute atomic E-state index is 5.36. The maximum Gasteiger partial charge on any atom is 0.248 e. The van der Waals surface area contributed by atoms with Gasteiger partial charge in [-0.1, -0.05) is 5.16 Å². The molecule has 116 valence electrons. The van der Waals surface area contributed by atoms with E-state index < -0.39 is 0 Å². The summed E-state index contributed by atoms with van der Waals surface area (Å²) < 4.78 is 7.24. The Labute approximate surface area is 130 Å². The molecule has 1 saturated heterocycles. The highest BCUT2D eigenvalue weighted by atomic mass is 35.5. The first-order valence-electron chi connectivity index (χ1n) is 6.88. The van der Waals surface area contributed by atoms with Crippen molar-refractivity contribution in [3.63, 3.8) is 0 Å². The number of hydrogen-bond donors (Lipinski definition) is 1. The molecule has 0 amide bonds. The van der Waals surface area contributed by atoms with Crippen molar-refractivity contribution >= 4 is 12.4 Å². The van der Waals surface area contributed by atoms with Gasteiger partial charge < -0.3 is 9.84 Å². The second-order valence-corrected chi connectivity index (χ2v) is 5.33. The molecule has 7 nitrogen and oxygen atoms in total. The molecular weight excluding hydrogens is 292 g/mol. The van der Waals surface area contributed by atoms with Crippen molar-refractivity contribution in [2.24, 2.45) is 0 Å². The van der Waals surface area contributed by atoms with E-state index in [1.165, 1.54) is 0 Å². The summed E-state index contributed by atoms with van der Waals surface area (Å²) in [6.45, 7) is 7.38. The quantitative estimate of drug-likeness (QED) is 0.909. The van der Waals surface area contributed by atoms with Crippen LogP contribution < -0.4 is 5.32 Å². The highest BCUT2D eigenvalue weighted by molar-refractivity contribution is 5.85. The van der Waals surface area contributed by atoms with Crippen LogP contribution in [0.15, 0.2) is 10.6 Å². The lowest BCUT2D eigenvalue weighted by Crippen LogP contribution is -2.44. The number of aromatic nitrogens is 4. The van der Waals surface area contributed by atoms with Crippen molar-refractivity contribution in [2.75, 3.05) is 26.7 Å². The molecule has 2 aromatic heterocycles. The molecule has 8 heteroatoms. The number of hydrogen-bond acceptors (Lipinski definition) is 6. The van der Waals surface area contributed by atoms with Gasteiger partial charge in [-0.15, -0.1) is 12.4 Å². The minimum Gasteiger partial charge on any atom is -0.337 e. The van der Waals surface area contributed by atoms with E-state index in [0.717, 1.165) is 36.8 Å². The smallest absolute Gasteiger partial charge is 0.248 e. The molecule has 0 bridgehead atoms. The molecule has 1 aliphatic rings. The second kappa shape index (κ2) is 6.55. The molecule has 0 aliphatic carbocycles. The van der Waals surface area contributed by atoms with E-state index in [1.54, 1.807) is 0 Å². The largest absolute Gasteiger partial charge is 0.337 e. The van der Waals surface area contributed by atoms with Crippen LogP contribution in [0.4, 0.5) is 0 Å². The summed E-state index contributed by atoms with van der Waals surface area (Å²) in [5.74, 6) is 1.35. The fourth-order valence-corrected chi connectivity index (χ4v) is 2.53. The van der Waals surface area contributed by atoms with E-state index >= 15 is 0 Å². The Balaban J connectivity index is 0.00000161. The summed E-state index contributed by atoms with van der Waals surface area (Å²) in [6.07, 6.45) is 0. The molecule has 1 atom stereocenters. The van der Waals surface area contributed by atoms with Crippen LogP contribution in [0.3, 0.4) is 0 Å². The average molecular weight is 313 g/mol. The van der Waals surface area contributed by atoms with Gasteiger partial charge in [0.05, 0.1) is 11.7 Å². The van der Waals surface area contributed by atoms with Gasteiger partial charge in [-0.05, 0) is 27.0 Å². The van der Waals surface area contributed by atoms with Gasteiger partial charge in [-0.3, -0.25) is 9.58 Å². The second-order valence-electron chi connectivity index (χ2n) is 5.33. The highest BCUT2D eigenvalue weighted by Gasteiger charge is 2.25. The summed E-state index contributed by atoms with van der Waals surface area (Å²) in [6, 6.07) is 2.22. The lowest BCUT2D eigenvalue weighted by Gasteiger charge is -2.30. The third-order valence-corrected chi connectivity index (χ3v) is 3.68. The van der Waals surface area contributed by atoms with E-state index in [-0.39, 0.29) is 18.4 Å². The van der Waals surface area contributed by atoms with Gasteiger partial charge in [0.25, 0.3) is 0 Å². The standard InChI is InChI=1S/C13H20N6O.ClH/c1-9-6-10(2)19(16-9)8-12-15-13(17-20-12)11-7-14-4-5-18(11)3;/h6,11,14H,4-5,7-8H2,1-3H3;1H. The Morgan fingerprint density at radius 1 is 1.43 bits per heavy atom. The van der Waals surface area contributed by atoms with Gasteiger partial charge in [-0.2, -0.15) is 10.1 Å². The normalized spacial score (nSPS) is 19.5. The lowest BCUT2D eigenvalue weighted by atomic mass is 10.2. The minimum atomic E-state index is 0. The number of halogens is 1. The maximum atomic E-state index is 5.36. The SMILES string of the molecule is Cc1cc(C)n(Cc2nc(C3CNCCN3C)no2)n1.Cl. The van der Waals surface area contributed by atoms with Crippen molar-refractivity contribution in [1.29, 1.82) is 0 Å². The molecular formula is C13H21ClN6O. The summed E-state index contributed by atoms with van der Waals surface area (Å²) in [4.78, 5) is 6.75. The first-order chi connectivity index (χ1) is 9.63. The molecule has 21 heavy (non-hydrogen) atoms. The van der Waals surface area contributed by atoms with Crippen molar-refractivity contribution < 1.29 is 4.52 Å². The van der Waals surface area contributed by atoms with Crippen LogP contribution in [0.2, 0.25) is 0 Å². The van der Waals surface area contributed by atoms with E-state index in [1.807, 2.05) is 24.6 Å². The van der Waals surface area contributed by atoms with Crippen LogP contribution >= 0.6 is 12.4 Å². The van der Waals surface area contributed by atoms with Crippen molar-refractivity contribution in [2.45, 2.75) is 26.4 Å². The Morgan fingerprint density at radius 2 is 2.24 bits per heavy atom. The lowest BCUT2D eigenvalue weighted by molar-refractivity contribution is 0.190. The topological polar surface area (TPSA) is 72.0 Å². The monoisotopic (exact) mass is 312 g/mol. The molecule has 0 spiro atoms. The van der Waals surface area contributed by atoms with Crippen molar-refractivity contribution in [1.82, 2.24) is 30.1 Å². The van der Waals surface area contributed by atoms with Crippen LogP contribution in [-0.4, -0.2) is 51.5 Å². The van der Waals surface area contributed by atoms with Gasteiger partial charge in [-0.25, -0.2) is 0 Å². The highest BCUT2D eigenvalue weighted by Crippen LogP contribution is 2.18. The molecule has 3 rings (SSSR count). The number of nitrogens with zero attached hydrogens (tertiary/aromatic N) is 5. The summed E-state index contributed by atoms with van der Waals surface area (Å²) >= 11 is 0. The van der Waals surface area contributed by atoms with Gasteiger partial charge in [0, 0.05) is 25.3 Å². The minimum absolute atomic E-state index is 0. The van der Waals surface area contributed by atoms with Crippen LogP contribution in [0.1, 0.15) is 29.1 Å². The molecule has 1 unspecified atom stereocenters.